The molecule has 2 rings (SSSR count). The molecule has 0 spiro atoms. The van der Waals surface area contributed by atoms with Crippen LogP contribution in [0.3, 0.4) is 0 Å². The molecule has 0 saturated carbocycles. The zero-order valence-corrected chi connectivity index (χ0v) is 11.9. The number of amides is 1. The lowest BCUT2D eigenvalue weighted by atomic mass is 10.1. The Morgan fingerprint density at radius 2 is 2.35 bits per heavy atom. The Balaban J connectivity index is 1.81. The Hall–Kier alpha value is -1.46. The minimum absolute atomic E-state index is 0.00710. The Labute approximate surface area is 119 Å². The number of benzene rings is 1. The number of nitrogens with zero attached hydrogens (tertiary/aromatic N) is 1. The highest BCUT2D eigenvalue weighted by Crippen LogP contribution is 2.15. The Morgan fingerprint density at radius 1 is 1.55 bits per heavy atom. The van der Waals surface area contributed by atoms with Gasteiger partial charge in [0.1, 0.15) is 5.82 Å². The summed E-state index contributed by atoms with van der Waals surface area (Å²) >= 11 is 0. The second-order valence-corrected chi connectivity index (χ2v) is 5.36. The number of hydrogen-bond acceptors (Lipinski definition) is 3. The largest absolute Gasteiger partial charge is 0.351 e. The molecule has 1 aromatic rings. The number of aryl methyl sites for hydroxylation is 1. The van der Waals surface area contributed by atoms with Crippen LogP contribution in [0.15, 0.2) is 18.2 Å². The standard InChI is InChI=1S/C15H22FN3O/c1-11-7-12(4-5-14(11)16)9-18-15(20)10-19-6-2-3-13(19)8-17/h4-5,7,13H,2-3,6,8-10,17H2,1H3,(H,18,20). The average molecular weight is 279 g/mol. The predicted molar refractivity (Wildman–Crippen MR) is 76.6 cm³/mol. The third-order valence-corrected chi connectivity index (χ3v) is 3.83. The van der Waals surface area contributed by atoms with Gasteiger partial charge in [-0.25, -0.2) is 4.39 Å². The first kappa shape index (κ1) is 14.9. The molecule has 1 unspecified atom stereocenters. The molecule has 5 heteroatoms. The van der Waals surface area contributed by atoms with Crippen LogP contribution in [0, 0.1) is 12.7 Å². The van der Waals surface area contributed by atoms with Gasteiger partial charge in [0.2, 0.25) is 5.91 Å². The maximum Gasteiger partial charge on any atom is 0.234 e. The molecule has 1 aromatic carbocycles. The smallest absolute Gasteiger partial charge is 0.234 e. The maximum atomic E-state index is 13.1. The number of nitrogens with one attached hydrogen (secondary N) is 1. The lowest BCUT2D eigenvalue weighted by Crippen LogP contribution is -2.42. The van der Waals surface area contributed by atoms with E-state index in [1.807, 2.05) is 0 Å². The van der Waals surface area contributed by atoms with Crippen LogP contribution >= 0.6 is 0 Å². The first-order valence-corrected chi connectivity index (χ1v) is 7.06. The van der Waals surface area contributed by atoms with Gasteiger partial charge in [-0.1, -0.05) is 12.1 Å². The van der Waals surface area contributed by atoms with Crippen LogP contribution in [0.1, 0.15) is 24.0 Å². The maximum absolute atomic E-state index is 13.1. The fourth-order valence-corrected chi connectivity index (χ4v) is 2.63. The monoisotopic (exact) mass is 279 g/mol. The fourth-order valence-electron chi connectivity index (χ4n) is 2.63. The summed E-state index contributed by atoms with van der Waals surface area (Å²) in [6.07, 6.45) is 2.17. The van der Waals surface area contributed by atoms with Crippen molar-refractivity contribution >= 4 is 5.91 Å². The minimum atomic E-state index is -0.220. The van der Waals surface area contributed by atoms with Crippen LogP contribution in [0.4, 0.5) is 4.39 Å². The molecule has 3 N–H and O–H groups in total. The van der Waals surface area contributed by atoms with Gasteiger partial charge in [-0.3, -0.25) is 9.69 Å². The molecule has 0 bridgehead atoms. The second kappa shape index (κ2) is 6.81. The number of carbonyl (C=O) groups is 1. The zero-order chi connectivity index (χ0) is 14.5. The van der Waals surface area contributed by atoms with E-state index in [2.05, 4.69) is 10.2 Å². The molecule has 1 atom stereocenters. The zero-order valence-electron chi connectivity index (χ0n) is 11.9. The highest BCUT2D eigenvalue weighted by atomic mass is 19.1. The predicted octanol–water partition coefficient (Wildman–Crippen LogP) is 1.17. The highest BCUT2D eigenvalue weighted by Gasteiger charge is 2.24. The molecule has 1 heterocycles. The average Bonchev–Trinajstić information content (AvgIpc) is 2.87. The van der Waals surface area contributed by atoms with E-state index in [1.165, 1.54) is 6.07 Å². The first-order valence-electron chi connectivity index (χ1n) is 7.06. The molecule has 0 aliphatic carbocycles. The van der Waals surface area contributed by atoms with E-state index >= 15 is 0 Å². The van der Waals surface area contributed by atoms with Gasteiger partial charge >= 0.3 is 0 Å². The van der Waals surface area contributed by atoms with E-state index in [0.717, 1.165) is 24.9 Å². The van der Waals surface area contributed by atoms with Crippen molar-refractivity contribution in [2.24, 2.45) is 5.73 Å². The van der Waals surface area contributed by atoms with Crippen molar-refractivity contribution in [3.8, 4) is 0 Å². The van der Waals surface area contributed by atoms with Crippen molar-refractivity contribution in [1.82, 2.24) is 10.2 Å². The van der Waals surface area contributed by atoms with E-state index in [-0.39, 0.29) is 11.7 Å². The number of likely N-dealkylation sites (tertiary alicyclic amines) is 1. The quantitative estimate of drug-likeness (QED) is 0.851. The molecular formula is C15H22FN3O. The van der Waals surface area contributed by atoms with Gasteiger partial charge in [0, 0.05) is 19.1 Å². The van der Waals surface area contributed by atoms with Gasteiger partial charge in [0.15, 0.2) is 0 Å². The van der Waals surface area contributed by atoms with E-state index < -0.39 is 0 Å². The summed E-state index contributed by atoms with van der Waals surface area (Å²) in [5.41, 5.74) is 7.19. The van der Waals surface area contributed by atoms with E-state index in [0.29, 0.717) is 31.2 Å². The van der Waals surface area contributed by atoms with Crippen molar-refractivity contribution in [2.45, 2.75) is 32.4 Å². The normalized spacial score (nSPS) is 19.2. The Bertz CT molecular complexity index is 478. The van der Waals surface area contributed by atoms with Crippen LogP contribution < -0.4 is 11.1 Å². The number of halogens is 1. The van der Waals surface area contributed by atoms with Crippen LogP contribution in [0.2, 0.25) is 0 Å². The molecule has 0 aromatic heterocycles. The van der Waals surface area contributed by atoms with Crippen LogP contribution in [-0.4, -0.2) is 36.5 Å². The number of nitrogens with two attached hydrogens (primary N) is 1. The summed E-state index contributed by atoms with van der Waals surface area (Å²) in [6.45, 7) is 4.08. The summed E-state index contributed by atoms with van der Waals surface area (Å²) in [5.74, 6) is -0.227. The second-order valence-electron chi connectivity index (χ2n) is 5.36. The van der Waals surface area contributed by atoms with E-state index in [9.17, 15) is 9.18 Å². The molecule has 1 amide bonds. The lowest BCUT2D eigenvalue weighted by molar-refractivity contribution is -0.122. The molecule has 1 aliphatic rings. The van der Waals surface area contributed by atoms with Crippen LogP contribution in [0.5, 0.6) is 0 Å². The highest BCUT2D eigenvalue weighted by molar-refractivity contribution is 5.78. The number of rotatable bonds is 5. The van der Waals surface area contributed by atoms with Gasteiger partial charge in [0.05, 0.1) is 6.54 Å². The Kier molecular flexibility index (Phi) is 5.09. The van der Waals surface area contributed by atoms with Gasteiger partial charge in [0.25, 0.3) is 0 Å². The van der Waals surface area contributed by atoms with E-state index in [4.69, 9.17) is 5.73 Å². The van der Waals surface area contributed by atoms with Crippen molar-refractivity contribution < 1.29 is 9.18 Å². The lowest BCUT2D eigenvalue weighted by Gasteiger charge is -2.22. The van der Waals surface area contributed by atoms with Gasteiger partial charge in [-0.2, -0.15) is 0 Å². The first-order chi connectivity index (χ1) is 9.60. The third kappa shape index (κ3) is 3.77. The van der Waals surface area contributed by atoms with Gasteiger partial charge in [-0.15, -0.1) is 0 Å². The van der Waals surface area contributed by atoms with Gasteiger partial charge < -0.3 is 11.1 Å². The SMILES string of the molecule is Cc1cc(CNC(=O)CN2CCCC2CN)ccc1F. The summed E-state index contributed by atoms with van der Waals surface area (Å²) in [7, 11) is 0. The molecule has 1 saturated heterocycles. The molecule has 0 radical (unpaired) electrons. The Morgan fingerprint density at radius 3 is 3.05 bits per heavy atom. The number of hydrogen-bond donors (Lipinski definition) is 2. The van der Waals surface area contributed by atoms with Crippen LogP contribution in [0.25, 0.3) is 0 Å². The number of carbonyl (C=O) groups excluding carboxylic acids is 1. The summed E-state index contributed by atoms with van der Waals surface area (Å²) in [5, 5.41) is 2.87. The fraction of sp³-hybridized carbons (Fsp3) is 0.533. The molecule has 1 aliphatic heterocycles. The van der Waals surface area contributed by atoms with Gasteiger partial charge in [-0.05, 0) is 43.5 Å². The molecule has 1 fully saturated rings. The van der Waals surface area contributed by atoms with Crippen molar-refractivity contribution in [1.29, 1.82) is 0 Å². The van der Waals surface area contributed by atoms with E-state index in [1.54, 1.807) is 19.1 Å². The molecule has 110 valence electrons. The third-order valence-electron chi connectivity index (χ3n) is 3.83. The summed E-state index contributed by atoms with van der Waals surface area (Å²) in [4.78, 5) is 14.0. The van der Waals surface area contributed by atoms with Crippen molar-refractivity contribution in [3.63, 3.8) is 0 Å². The van der Waals surface area contributed by atoms with Crippen molar-refractivity contribution in [3.05, 3.63) is 35.1 Å². The molecule has 20 heavy (non-hydrogen) atoms. The topological polar surface area (TPSA) is 58.4 Å². The van der Waals surface area contributed by atoms with Crippen LogP contribution in [-0.2, 0) is 11.3 Å². The summed E-state index contributed by atoms with van der Waals surface area (Å²) in [6, 6.07) is 5.21. The summed E-state index contributed by atoms with van der Waals surface area (Å²) < 4.78 is 13.1. The minimum Gasteiger partial charge on any atom is -0.351 e. The molecular weight excluding hydrogens is 257 g/mol. The van der Waals surface area contributed by atoms with Crippen molar-refractivity contribution in [2.75, 3.05) is 19.6 Å². The molecule has 4 nitrogen and oxygen atoms in total.